The van der Waals surface area contributed by atoms with Crippen LogP contribution in [-0.2, 0) is 14.8 Å². The van der Waals surface area contributed by atoms with Crippen LogP contribution in [0, 0.1) is 0 Å². The summed E-state index contributed by atoms with van der Waals surface area (Å²) in [5, 5.41) is 0. The van der Waals surface area contributed by atoms with Crippen LogP contribution in [0.4, 0.5) is 11.4 Å². The minimum absolute atomic E-state index is 0.272. The van der Waals surface area contributed by atoms with E-state index in [0.717, 1.165) is 52.2 Å². The second-order valence-electron chi connectivity index (χ2n) is 6.64. The van der Waals surface area contributed by atoms with Gasteiger partial charge in [-0.3, -0.25) is 0 Å². The van der Waals surface area contributed by atoms with E-state index < -0.39 is 10.0 Å². The van der Waals surface area contributed by atoms with Gasteiger partial charge in [-0.05, 0) is 18.6 Å². The van der Waals surface area contributed by atoms with E-state index in [4.69, 9.17) is 4.74 Å². The summed E-state index contributed by atoms with van der Waals surface area (Å²) in [7, 11) is -3.10. The van der Waals surface area contributed by atoms with Crippen molar-refractivity contribution in [3.63, 3.8) is 0 Å². The van der Waals surface area contributed by atoms with E-state index >= 15 is 0 Å². The molecule has 0 atom stereocenters. The fourth-order valence-corrected chi connectivity index (χ4v) is 5.10. The van der Waals surface area contributed by atoms with Crippen LogP contribution in [0.5, 0.6) is 0 Å². The van der Waals surface area contributed by atoms with Crippen molar-refractivity contribution < 1.29 is 13.2 Å². The van der Waals surface area contributed by atoms with Gasteiger partial charge in [0.2, 0.25) is 10.0 Å². The number of morpholine rings is 1. The van der Waals surface area contributed by atoms with E-state index in [2.05, 4.69) is 34.1 Å². The first-order valence-electron chi connectivity index (χ1n) is 9.26. The molecule has 0 bridgehead atoms. The smallest absolute Gasteiger partial charge is 0.214 e. The van der Waals surface area contributed by atoms with E-state index in [1.165, 1.54) is 11.4 Å². The number of ether oxygens (including phenoxy) is 1. The number of hydrogen-bond donors (Lipinski definition) is 0. The third-order valence-electron chi connectivity index (χ3n) is 4.96. The molecule has 2 aliphatic rings. The highest BCUT2D eigenvalue weighted by Crippen LogP contribution is 2.30. The van der Waals surface area contributed by atoms with Crippen LogP contribution in [-0.4, -0.2) is 71.0 Å². The quantitative estimate of drug-likeness (QED) is 0.767. The van der Waals surface area contributed by atoms with E-state index in [-0.39, 0.29) is 5.75 Å². The van der Waals surface area contributed by atoms with Crippen LogP contribution in [0.2, 0.25) is 0 Å². The van der Waals surface area contributed by atoms with Gasteiger partial charge >= 0.3 is 0 Å². The molecule has 25 heavy (non-hydrogen) atoms. The number of hydrogen-bond acceptors (Lipinski definition) is 5. The van der Waals surface area contributed by atoms with Gasteiger partial charge in [-0.15, -0.1) is 0 Å². The van der Waals surface area contributed by atoms with Crippen LogP contribution in [0.1, 0.15) is 19.8 Å². The van der Waals surface area contributed by atoms with Gasteiger partial charge in [0, 0.05) is 39.3 Å². The first-order valence-corrected chi connectivity index (χ1v) is 10.9. The lowest BCUT2D eigenvalue weighted by atomic mass is 10.2. The molecule has 2 aliphatic heterocycles. The number of benzene rings is 1. The van der Waals surface area contributed by atoms with Gasteiger partial charge < -0.3 is 14.5 Å². The lowest BCUT2D eigenvalue weighted by molar-refractivity contribution is 0.122. The van der Waals surface area contributed by atoms with Crippen LogP contribution in [0.15, 0.2) is 24.3 Å². The molecule has 2 fully saturated rings. The van der Waals surface area contributed by atoms with E-state index in [9.17, 15) is 8.42 Å². The summed E-state index contributed by atoms with van der Waals surface area (Å²) in [6.07, 6.45) is 1.65. The third-order valence-corrected chi connectivity index (χ3v) is 6.92. The predicted molar refractivity (Wildman–Crippen MR) is 102 cm³/mol. The van der Waals surface area contributed by atoms with Crippen molar-refractivity contribution in [2.45, 2.75) is 19.8 Å². The Morgan fingerprint density at radius 2 is 1.48 bits per heavy atom. The second kappa shape index (κ2) is 8.38. The third kappa shape index (κ3) is 4.46. The summed E-state index contributed by atoms with van der Waals surface area (Å²) in [6, 6.07) is 8.43. The molecule has 0 aromatic heterocycles. The molecule has 0 amide bonds. The summed E-state index contributed by atoms with van der Waals surface area (Å²) in [4.78, 5) is 4.68. The highest BCUT2D eigenvalue weighted by atomic mass is 32.2. The SMILES string of the molecule is CCCCS(=O)(=O)N1CCN(c2ccccc2N2CCOCC2)CC1. The molecule has 7 heteroatoms. The Balaban J connectivity index is 1.67. The maximum absolute atomic E-state index is 12.4. The number of sulfonamides is 1. The number of unbranched alkanes of at least 4 members (excludes halogenated alkanes) is 1. The molecule has 0 saturated carbocycles. The van der Waals surface area contributed by atoms with E-state index in [0.29, 0.717) is 13.1 Å². The minimum Gasteiger partial charge on any atom is -0.378 e. The molecule has 140 valence electrons. The molecule has 2 heterocycles. The van der Waals surface area contributed by atoms with Gasteiger partial charge in [0.1, 0.15) is 0 Å². The number of piperazine rings is 1. The number of anilines is 2. The highest BCUT2D eigenvalue weighted by Gasteiger charge is 2.28. The molecule has 3 rings (SSSR count). The molecule has 0 N–H and O–H groups in total. The van der Waals surface area contributed by atoms with Crippen LogP contribution < -0.4 is 9.80 Å². The molecule has 0 aliphatic carbocycles. The molecule has 1 aromatic carbocycles. The molecular weight excluding hydrogens is 338 g/mol. The summed E-state index contributed by atoms with van der Waals surface area (Å²) in [6.45, 7) is 7.99. The normalized spacial score (nSPS) is 20.0. The summed E-state index contributed by atoms with van der Waals surface area (Å²) >= 11 is 0. The zero-order valence-electron chi connectivity index (χ0n) is 15.1. The Morgan fingerprint density at radius 1 is 0.920 bits per heavy atom. The van der Waals surface area contributed by atoms with E-state index in [1.807, 2.05) is 6.92 Å². The zero-order chi connectivity index (χ0) is 17.7. The van der Waals surface area contributed by atoms with Crippen LogP contribution in [0.25, 0.3) is 0 Å². The van der Waals surface area contributed by atoms with Crippen molar-refractivity contribution in [2.24, 2.45) is 0 Å². The summed E-state index contributed by atoms with van der Waals surface area (Å²) < 4.78 is 31.9. The Labute approximate surface area is 151 Å². The minimum atomic E-state index is -3.10. The Bertz CT molecular complexity index is 651. The first kappa shape index (κ1) is 18.5. The average Bonchev–Trinajstić information content (AvgIpc) is 2.67. The molecule has 0 unspecified atom stereocenters. The second-order valence-corrected chi connectivity index (χ2v) is 8.73. The van der Waals surface area contributed by atoms with Gasteiger partial charge in [0.05, 0.1) is 30.3 Å². The highest BCUT2D eigenvalue weighted by molar-refractivity contribution is 7.89. The van der Waals surface area contributed by atoms with Gasteiger partial charge in [-0.1, -0.05) is 25.5 Å². The van der Waals surface area contributed by atoms with Crippen molar-refractivity contribution in [2.75, 3.05) is 68.0 Å². The van der Waals surface area contributed by atoms with Crippen molar-refractivity contribution >= 4 is 21.4 Å². The van der Waals surface area contributed by atoms with Crippen molar-refractivity contribution in [1.29, 1.82) is 0 Å². The molecule has 1 aromatic rings. The molecular formula is C18H29N3O3S. The Kier molecular flexibility index (Phi) is 6.19. The zero-order valence-corrected chi connectivity index (χ0v) is 15.9. The van der Waals surface area contributed by atoms with Gasteiger partial charge in [0.25, 0.3) is 0 Å². The van der Waals surface area contributed by atoms with Crippen molar-refractivity contribution in [3.05, 3.63) is 24.3 Å². The molecule has 0 spiro atoms. The number of rotatable bonds is 6. The lowest BCUT2D eigenvalue weighted by Crippen LogP contribution is -2.49. The van der Waals surface area contributed by atoms with Crippen LogP contribution >= 0.6 is 0 Å². The largest absolute Gasteiger partial charge is 0.378 e. The summed E-state index contributed by atoms with van der Waals surface area (Å²) in [5.74, 6) is 0.272. The monoisotopic (exact) mass is 367 g/mol. The Morgan fingerprint density at radius 3 is 2.04 bits per heavy atom. The topological polar surface area (TPSA) is 53.1 Å². The maximum Gasteiger partial charge on any atom is 0.214 e. The van der Waals surface area contributed by atoms with Crippen LogP contribution in [0.3, 0.4) is 0 Å². The lowest BCUT2D eigenvalue weighted by Gasteiger charge is -2.38. The standard InChI is InChI=1S/C18H29N3O3S/c1-2-3-16-25(22,23)21-10-8-19(9-11-21)17-6-4-5-7-18(17)20-12-14-24-15-13-20/h4-7H,2-3,8-16H2,1H3. The summed E-state index contributed by atoms with van der Waals surface area (Å²) in [5.41, 5.74) is 2.43. The van der Waals surface area contributed by atoms with Gasteiger partial charge in [0.15, 0.2) is 0 Å². The fourth-order valence-electron chi connectivity index (χ4n) is 3.47. The van der Waals surface area contributed by atoms with Crippen molar-refractivity contribution in [1.82, 2.24) is 4.31 Å². The Hall–Kier alpha value is -1.31. The maximum atomic E-state index is 12.4. The van der Waals surface area contributed by atoms with Gasteiger partial charge in [-0.2, -0.15) is 4.31 Å². The average molecular weight is 368 g/mol. The van der Waals surface area contributed by atoms with Crippen molar-refractivity contribution in [3.8, 4) is 0 Å². The predicted octanol–water partition coefficient (Wildman–Crippen LogP) is 1.78. The fraction of sp³-hybridized carbons (Fsp3) is 0.667. The van der Waals surface area contributed by atoms with E-state index in [1.54, 1.807) is 4.31 Å². The van der Waals surface area contributed by atoms with Gasteiger partial charge in [-0.25, -0.2) is 8.42 Å². The number of para-hydroxylation sites is 2. The molecule has 0 radical (unpaired) electrons. The molecule has 6 nitrogen and oxygen atoms in total. The first-order chi connectivity index (χ1) is 12.1. The number of nitrogens with zero attached hydrogens (tertiary/aromatic N) is 3. The molecule has 2 saturated heterocycles.